The third kappa shape index (κ3) is 2.73. The molecule has 1 aromatic rings. The van der Waals surface area contributed by atoms with E-state index in [1.165, 1.54) is 18.2 Å². The van der Waals surface area contributed by atoms with Crippen LogP contribution in [0.2, 0.25) is 0 Å². The molecule has 0 saturated heterocycles. The molecule has 116 valence electrons. The van der Waals surface area contributed by atoms with Crippen molar-refractivity contribution in [3.05, 3.63) is 29.6 Å². The summed E-state index contributed by atoms with van der Waals surface area (Å²) in [4.78, 5) is 0. The van der Waals surface area contributed by atoms with E-state index < -0.39 is 23.7 Å². The van der Waals surface area contributed by atoms with Crippen LogP contribution in [0, 0.1) is 11.7 Å². The van der Waals surface area contributed by atoms with Crippen LogP contribution in [0.3, 0.4) is 0 Å². The SMILES string of the molecule is N[C@H]1CC2(CCC(C(F)(F)F)CC2)Oc2ccc(F)cc21. The Bertz CT molecular complexity index is 535. The van der Waals surface area contributed by atoms with Gasteiger partial charge in [-0.25, -0.2) is 4.39 Å². The van der Waals surface area contributed by atoms with Crippen LogP contribution in [0.4, 0.5) is 17.6 Å². The number of nitrogens with two attached hydrogens (primary N) is 1. The Morgan fingerprint density at radius 3 is 2.48 bits per heavy atom. The molecule has 0 aromatic heterocycles. The second-order valence-corrected chi connectivity index (χ2v) is 6.09. The van der Waals surface area contributed by atoms with Gasteiger partial charge in [-0.3, -0.25) is 0 Å². The maximum atomic E-state index is 13.2. The Balaban J connectivity index is 1.79. The molecule has 3 rings (SSSR count). The van der Waals surface area contributed by atoms with E-state index in [4.69, 9.17) is 10.5 Å². The average molecular weight is 303 g/mol. The minimum atomic E-state index is -4.14. The fraction of sp³-hybridized carbons (Fsp3) is 0.600. The van der Waals surface area contributed by atoms with Crippen molar-refractivity contribution in [3.8, 4) is 5.75 Å². The molecular weight excluding hydrogens is 286 g/mol. The van der Waals surface area contributed by atoms with E-state index in [9.17, 15) is 17.6 Å². The lowest BCUT2D eigenvalue weighted by Gasteiger charge is -2.45. The summed E-state index contributed by atoms with van der Waals surface area (Å²) in [6.07, 6.45) is -2.91. The van der Waals surface area contributed by atoms with Gasteiger partial charge in [-0.15, -0.1) is 0 Å². The fourth-order valence-electron chi connectivity index (χ4n) is 3.47. The Morgan fingerprint density at radius 1 is 1.19 bits per heavy atom. The molecule has 2 N–H and O–H groups in total. The molecule has 1 spiro atoms. The van der Waals surface area contributed by atoms with E-state index in [1.807, 2.05) is 0 Å². The lowest BCUT2D eigenvalue weighted by atomic mass is 9.73. The van der Waals surface area contributed by atoms with Crippen molar-refractivity contribution in [1.29, 1.82) is 0 Å². The maximum absolute atomic E-state index is 13.2. The highest BCUT2D eigenvalue weighted by Gasteiger charge is 2.49. The lowest BCUT2D eigenvalue weighted by molar-refractivity contribution is -0.191. The molecule has 1 aromatic carbocycles. The van der Waals surface area contributed by atoms with Gasteiger partial charge in [-0.05, 0) is 43.9 Å². The minimum absolute atomic E-state index is 0.0623. The molecule has 0 amide bonds. The number of benzene rings is 1. The molecule has 1 fully saturated rings. The van der Waals surface area contributed by atoms with E-state index in [2.05, 4.69) is 0 Å². The topological polar surface area (TPSA) is 35.2 Å². The summed E-state index contributed by atoms with van der Waals surface area (Å²) in [5, 5.41) is 0. The van der Waals surface area contributed by atoms with Crippen molar-refractivity contribution in [1.82, 2.24) is 0 Å². The first kappa shape index (κ1) is 14.6. The van der Waals surface area contributed by atoms with Crippen LogP contribution in [0.5, 0.6) is 5.75 Å². The molecule has 0 unspecified atom stereocenters. The fourth-order valence-corrected chi connectivity index (χ4v) is 3.47. The standard InChI is InChI=1S/C15H17F4NO/c16-10-1-2-13-11(7-10)12(20)8-14(21-13)5-3-9(4-6-14)15(17,18)19/h1-2,7,9,12H,3-6,8,20H2/t9?,12-,14?/m0/s1. The molecule has 6 heteroatoms. The largest absolute Gasteiger partial charge is 0.487 e. The minimum Gasteiger partial charge on any atom is -0.487 e. The molecule has 0 bridgehead atoms. The molecule has 2 aliphatic rings. The number of hydrogen-bond acceptors (Lipinski definition) is 2. The van der Waals surface area contributed by atoms with E-state index >= 15 is 0 Å². The normalized spacial score (nSPS) is 32.6. The maximum Gasteiger partial charge on any atom is 0.391 e. The summed E-state index contributed by atoms with van der Waals surface area (Å²) in [5.74, 6) is -1.14. The number of rotatable bonds is 0. The first-order chi connectivity index (χ1) is 9.79. The zero-order valence-electron chi connectivity index (χ0n) is 11.4. The predicted molar refractivity (Wildman–Crippen MR) is 69.3 cm³/mol. The van der Waals surface area contributed by atoms with Crippen molar-refractivity contribution in [2.24, 2.45) is 11.7 Å². The Labute approximate surface area is 120 Å². The van der Waals surface area contributed by atoms with Crippen LogP contribution in [0.25, 0.3) is 0 Å². The van der Waals surface area contributed by atoms with Gasteiger partial charge >= 0.3 is 6.18 Å². The lowest BCUT2D eigenvalue weighted by Crippen LogP contribution is -2.47. The number of ether oxygens (including phenoxy) is 1. The number of fused-ring (bicyclic) bond motifs is 1. The smallest absolute Gasteiger partial charge is 0.391 e. The van der Waals surface area contributed by atoms with Crippen molar-refractivity contribution in [3.63, 3.8) is 0 Å². The van der Waals surface area contributed by atoms with Crippen LogP contribution in [0.1, 0.15) is 43.7 Å². The number of hydrogen-bond donors (Lipinski definition) is 1. The molecule has 1 aliphatic carbocycles. The highest BCUT2D eigenvalue weighted by atomic mass is 19.4. The highest BCUT2D eigenvalue weighted by Crippen LogP contribution is 2.49. The van der Waals surface area contributed by atoms with Crippen LogP contribution in [-0.4, -0.2) is 11.8 Å². The first-order valence-electron chi connectivity index (χ1n) is 7.10. The molecule has 0 radical (unpaired) electrons. The van der Waals surface area contributed by atoms with E-state index in [1.54, 1.807) is 0 Å². The Morgan fingerprint density at radius 2 is 1.86 bits per heavy atom. The Hall–Kier alpha value is -1.30. The zero-order valence-corrected chi connectivity index (χ0v) is 11.4. The van der Waals surface area contributed by atoms with Crippen LogP contribution < -0.4 is 10.5 Å². The molecular formula is C15H17F4NO. The molecule has 1 heterocycles. The summed E-state index contributed by atoms with van der Waals surface area (Å²) >= 11 is 0. The van der Waals surface area contributed by atoms with Crippen molar-refractivity contribution in [2.75, 3.05) is 0 Å². The van der Waals surface area contributed by atoms with Crippen molar-refractivity contribution >= 4 is 0 Å². The van der Waals surface area contributed by atoms with Crippen LogP contribution >= 0.6 is 0 Å². The Kier molecular flexibility index (Phi) is 3.39. The molecule has 21 heavy (non-hydrogen) atoms. The van der Waals surface area contributed by atoms with Gasteiger partial charge in [0.2, 0.25) is 0 Å². The van der Waals surface area contributed by atoms with Gasteiger partial charge in [0, 0.05) is 18.0 Å². The second kappa shape index (κ2) is 4.87. The van der Waals surface area contributed by atoms with Gasteiger partial charge in [0.1, 0.15) is 17.2 Å². The third-order valence-corrected chi connectivity index (χ3v) is 4.65. The first-order valence-corrected chi connectivity index (χ1v) is 7.10. The summed E-state index contributed by atoms with van der Waals surface area (Å²) < 4.78 is 57.4. The van der Waals surface area contributed by atoms with Crippen LogP contribution in [-0.2, 0) is 0 Å². The summed E-state index contributed by atoms with van der Waals surface area (Å²) in [6.45, 7) is 0. The quantitative estimate of drug-likeness (QED) is 0.732. The van der Waals surface area contributed by atoms with E-state index in [0.717, 1.165) is 0 Å². The number of halogens is 4. The van der Waals surface area contributed by atoms with Gasteiger partial charge in [0.25, 0.3) is 0 Å². The monoisotopic (exact) mass is 303 g/mol. The van der Waals surface area contributed by atoms with Gasteiger partial charge in [0.15, 0.2) is 0 Å². The van der Waals surface area contributed by atoms with E-state index in [-0.39, 0.29) is 18.7 Å². The zero-order chi connectivity index (χ0) is 15.3. The second-order valence-electron chi connectivity index (χ2n) is 6.09. The molecule has 1 atom stereocenters. The summed E-state index contributed by atoms with van der Waals surface area (Å²) in [5.41, 5.74) is 6.04. The van der Waals surface area contributed by atoms with Gasteiger partial charge in [-0.1, -0.05) is 0 Å². The summed E-state index contributed by atoms with van der Waals surface area (Å²) in [6, 6.07) is 3.74. The van der Waals surface area contributed by atoms with Gasteiger partial charge in [-0.2, -0.15) is 13.2 Å². The van der Waals surface area contributed by atoms with Gasteiger partial charge < -0.3 is 10.5 Å². The van der Waals surface area contributed by atoms with Crippen LogP contribution in [0.15, 0.2) is 18.2 Å². The average Bonchev–Trinajstić information content (AvgIpc) is 2.39. The van der Waals surface area contributed by atoms with Crippen molar-refractivity contribution in [2.45, 2.75) is 49.9 Å². The highest BCUT2D eigenvalue weighted by molar-refractivity contribution is 5.39. The van der Waals surface area contributed by atoms with E-state index in [0.29, 0.717) is 30.6 Å². The predicted octanol–water partition coefficient (Wildman–Crippen LogP) is 4.10. The molecule has 2 nitrogen and oxygen atoms in total. The van der Waals surface area contributed by atoms with Crippen molar-refractivity contribution < 1.29 is 22.3 Å². The summed E-state index contributed by atoms with van der Waals surface area (Å²) in [7, 11) is 0. The molecule has 1 aliphatic heterocycles. The number of alkyl halides is 3. The molecule has 1 saturated carbocycles. The van der Waals surface area contributed by atoms with Gasteiger partial charge in [0.05, 0.1) is 5.92 Å². The third-order valence-electron chi connectivity index (χ3n) is 4.65.